The van der Waals surface area contributed by atoms with Gasteiger partial charge in [-0.1, -0.05) is 0 Å². The first-order chi connectivity index (χ1) is 7.77. The monoisotopic (exact) mass is 329 g/mol. The second-order valence-corrected chi connectivity index (χ2v) is 4.23. The molecule has 3 heterocycles. The first-order valence-electron chi connectivity index (χ1n) is 4.45. The molecule has 0 saturated heterocycles. The van der Waals surface area contributed by atoms with Crippen molar-refractivity contribution in [3.05, 3.63) is 34.0 Å². The zero-order valence-electron chi connectivity index (χ0n) is 7.85. The summed E-state index contributed by atoms with van der Waals surface area (Å²) in [6, 6.07) is 1.77. The fourth-order valence-electron chi connectivity index (χ4n) is 1.47. The van der Waals surface area contributed by atoms with Gasteiger partial charge in [0.2, 0.25) is 0 Å². The molecule has 0 aliphatic carbocycles. The highest BCUT2D eigenvalue weighted by Gasteiger charge is 2.12. The minimum Gasteiger partial charge on any atom is -0.261 e. The van der Waals surface area contributed by atoms with Crippen LogP contribution in [0, 0.1) is 9.39 Å². The maximum Gasteiger partial charge on any atom is 0.165 e. The zero-order valence-corrected chi connectivity index (χ0v) is 10.0. The summed E-state index contributed by atoms with van der Waals surface area (Å²) in [7, 11) is 0. The van der Waals surface area contributed by atoms with E-state index in [-0.39, 0.29) is 5.82 Å². The van der Waals surface area contributed by atoms with Gasteiger partial charge in [-0.3, -0.25) is 5.10 Å². The molecule has 0 aliphatic rings. The molecular weight excluding hydrogens is 324 g/mol. The molecule has 7 heteroatoms. The normalized spacial score (nSPS) is 11.1. The lowest BCUT2D eigenvalue weighted by atomic mass is 10.3. The Hall–Kier alpha value is -1.51. The van der Waals surface area contributed by atoms with Gasteiger partial charge in [0, 0.05) is 6.07 Å². The highest BCUT2D eigenvalue weighted by atomic mass is 127. The quantitative estimate of drug-likeness (QED) is 0.694. The SMILES string of the molecule is Fc1cnc2c(cnn2-c2ccn[nH]2)c1I. The van der Waals surface area contributed by atoms with Crippen molar-refractivity contribution in [2.24, 2.45) is 0 Å². The van der Waals surface area contributed by atoms with Crippen LogP contribution in [0.25, 0.3) is 16.9 Å². The number of pyridine rings is 1. The van der Waals surface area contributed by atoms with Gasteiger partial charge in [-0.2, -0.15) is 14.9 Å². The van der Waals surface area contributed by atoms with E-state index in [1.165, 1.54) is 6.20 Å². The van der Waals surface area contributed by atoms with E-state index < -0.39 is 0 Å². The number of rotatable bonds is 1. The molecule has 0 amide bonds. The number of aromatic nitrogens is 5. The summed E-state index contributed by atoms with van der Waals surface area (Å²) in [5, 5.41) is 11.5. The van der Waals surface area contributed by atoms with Gasteiger partial charge in [0.1, 0.15) is 0 Å². The average molecular weight is 329 g/mol. The van der Waals surface area contributed by atoms with Crippen LogP contribution >= 0.6 is 22.6 Å². The second-order valence-electron chi connectivity index (χ2n) is 3.16. The minimum absolute atomic E-state index is 0.336. The van der Waals surface area contributed by atoms with Crippen LogP contribution < -0.4 is 0 Å². The molecule has 3 rings (SSSR count). The molecule has 0 atom stereocenters. The van der Waals surface area contributed by atoms with Gasteiger partial charge in [0.05, 0.1) is 27.5 Å². The van der Waals surface area contributed by atoms with E-state index in [0.29, 0.717) is 20.4 Å². The van der Waals surface area contributed by atoms with Crippen LogP contribution in [0.5, 0.6) is 0 Å². The Labute approximate surface area is 103 Å². The van der Waals surface area contributed by atoms with Crippen molar-refractivity contribution in [2.45, 2.75) is 0 Å². The van der Waals surface area contributed by atoms with Crippen LogP contribution in [-0.2, 0) is 0 Å². The van der Waals surface area contributed by atoms with E-state index >= 15 is 0 Å². The Morgan fingerprint density at radius 1 is 1.38 bits per heavy atom. The standard InChI is InChI=1S/C9H5FIN5/c10-6-4-12-9-5(8(6)11)3-14-16(9)7-1-2-13-15-7/h1-4H,(H,13,15). The molecule has 0 unspecified atom stereocenters. The van der Waals surface area contributed by atoms with Gasteiger partial charge in [-0.15, -0.1) is 0 Å². The lowest BCUT2D eigenvalue weighted by molar-refractivity contribution is 0.616. The van der Waals surface area contributed by atoms with Crippen molar-refractivity contribution in [3.63, 3.8) is 0 Å². The van der Waals surface area contributed by atoms with Crippen molar-refractivity contribution in [1.29, 1.82) is 0 Å². The maximum atomic E-state index is 13.3. The number of fused-ring (bicyclic) bond motifs is 1. The smallest absolute Gasteiger partial charge is 0.165 e. The third-order valence-corrected chi connectivity index (χ3v) is 3.30. The number of hydrogen-bond acceptors (Lipinski definition) is 3. The third kappa shape index (κ3) is 1.31. The molecule has 0 bridgehead atoms. The van der Waals surface area contributed by atoms with Gasteiger partial charge in [0.15, 0.2) is 17.3 Å². The molecule has 0 saturated carbocycles. The maximum absolute atomic E-state index is 13.3. The highest BCUT2D eigenvalue weighted by Crippen LogP contribution is 2.22. The number of hydrogen-bond donors (Lipinski definition) is 1. The van der Waals surface area contributed by atoms with Crippen LogP contribution in [-0.4, -0.2) is 25.0 Å². The summed E-state index contributed by atoms with van der Waals surface area (Å²) in [4.78, 5) is 4.03. The lowest BCUT2D eigenvalue weighted by Crippen LogP contribution is -1.98. The highest BCUT2D eigenvalue weighted by molar-refractivity contribution is 14.1. The third-order valence-electron chi connectivity index (χ3n) is 2.20. The molecular formula is C9H5FIN5. The Kier molecular flexibility index (Phi) is 2.13. The average Bonchev–Trinajstić information content (AvgIpc) is 2.91. The van der Waals surface area contributed by atoms with Gasteiger partial charge < -0.3 is 0 Å². The molecule has 0 spiro atoms. The summed E-state index contributed by atoms with van der Waals surface area (Å²) >= 11 is 1.94. The van der Waals surface area contributed by atoms with Crippen LogP contribution in [0.3, 0.4) is 0 Å². The van der Waals surface area contributed by atoms with E-state index in [1.807, 2.05) is 22.6 Å². The molecule has 5 nitrogen and oxygen atoms in total. The van der Waals surface area contributed by atoms with Gasteiger partial charge >= 0.3 is 0 Å². The minimum atomic E-state index is -0.336. The second kappa shape index (κ2) is 3.51. The number of nitrogens with zero attached hydrogens (tertiary/aromatic N) is 4. The Bertz CT molecular complexity index is 645. The Morgan fingerprint density at radius 2 is 2.25 bits per heavy atom. The molecule has 1 N–H and O–H groups in total. The summed E-state index contributed by atoms with van der Waals surface area (Å²) in [5.74, 6) is 0.363. The number of aromatic amines is 1. The largest absolute Gasteiger partial charge is 0.261 e. The Balaban J connectivity index is 2.34. The van der Waals surface area contributed by atoms with Gasteiger partial charge in [0.25, 0.3) is 0 Å². The van der Waals surface area contributed by atoms with Gasteiger partial charge in [-0.25, -0.2) is 9.37 Å². The van der Waals surface area contributed by atoms with E-state index in [1.54, 1.807) is 23.1 Å². The van der Waals surface area contributed by atoms with Crippen molar-refractivity contribution in [2.75, 3.05) is 0 Å². The van der Waals surface area contributed by atoms with Crippen molar-refractivity contribution < 1.29 is 4.39 Å². The predicted octanol–water partition coefficient (Wildman–Crippen LogP) is 1.89. The van der Waals surface area contributed by atoms with Crippen molar-refractivity contribution in [1.82, 2.24) is 25.0 Å². The number of H-pyrrole nitrogens is 1. The van der Waals surface area contributed by atoms with E-state index in [0.717, 1.165) is 0 Å². The molecule has 16 heavy (non-hydrogen) atoms. The molecule has 0 aliphatic heterocycles. The van der Waals surface area contributed by atoms with Crippen LogP contribution in [0.2, 0.25) is 0 Å². The summed E-state index contributed by atoms with van der Waals surface area (Å²) in [5.41, 5.74) is 0.607. The summed E-state index contributed by atoms with van der Waals surface area (Å²) < 4.78 is 15.4. The van der Waals surface area contributed by atoms with E-state index in [4.69, 9.17) is 0 Å². The molecule has 0 fully saturated rings. The van der Waals surface area contributed by atoms with Crippen LogP contribution in [0.1, 0.15) is 0 Å². The molecule has 0 aromatic carbocycles. The first-order valence-corrected chi connectivity index (χ1v) is 5.53. The lowest BCUT2D eigenvalue weighted by Gasteiger charge is -1.99. The summed E-state index contributed by atoms with van der Waals surface area (Å²) in [6.07, 6.45) is 4.41. The number of halogens is 2. The predicted molar refractivity (Wildman–Crippen MR) is 63.7 cm³/mol. The van der Waals surface area contributed by atoms with E-state index in [2.05, 4.69) is 20.3 Å². The topological polar surface area (TPSA) is 59.4 Å². The zero-order chi connectivity index (χ0) is 11.1. The van der Waals surface area contributed by atoms with Gasteiger partial charge in [-0.05, 0) is 22.6 Å². The molecule has 0 radical (unpaired) electrons. The molecule has 80 valence electrons. The van der Waals surface area contributed by atoms with Crippen LogP contribution in [0.4, 0.5) is 4.39 Å². The molecule has 3 aromatic heterocycles. The first kappa shape index (κ1) is 9.70. The summed E-state index contributed by atoms with van der Waals surface area (Å²) in [6.45, 7) is 0. The van der Waals surface area contributed by atoms with E-state index in [9.17, 15) is 4.39 Å². The van der Waals surface area contributed by atoms with Crippen molar-refractivity contribution in [3.8, 4) is 5.82 Å². The Morgan fingerprint density at radius 3 is 3.00 bits per heavy atom. The molecule has 3 aromatic rings. The van der Waals surface area contributed by atoms with Crippen molar-refractivity contribution >= 4 is 33.6 Å². The number of nitrogens with one attached hydrogen (secondary N) is 1. The fourth-order valence-corrected chi connectivity index (χ4v) is 1.99. The van der Waals surface area contributed by atoms with Crippen LogP contribution in [0.15, 0.2) is 24.7 Å². The fraction of sp³-hybridized carbons (Fsp3) is 0.